The molecule has 1 saturated heterocycles. The topological polar surface area (TPSA) is 50.4 Å². The highest BCUT2D eigenvalue weighted by atomic mass is 28.4. The highest BCUT2D eigenvalue weighted by molar-refractivity contribution is 6.74. The van der Waals surface area contributed by atoms with Gasteiger partial charge in [-0.05, 0) is 51.9 Å². The molecule has 0 spiro atoms. The van der Waals surface area contributed by atoms with Crippen LogP contribution in [0.2, 0.25) is 18.1 Å². The number of carbonyl (C=O) groups excluding carboxylic acids is 1. The second-order valence-corrected chi connectivity index (χ2v) is 13.1. The van der Waals surface area contributed by atoms with Crippen LogP contribution < -0.4 is 10.6 Å². The van der Waals surface area contributed by atoms with Crippen molar-refractivity contribution in [3.8, 4) is 0 Å². The van der Waals surface area contributed by atoms with E-state index in [1.807, 2.05) is 20.8 Å². The minimum atomic E-state index is -1.84. The van der Waals surface area contributed by atoms with E-state index >= 15 is 0 Å². The molecule has 5 heteroatoms. The lowest BCUT2D eigenvalue weighted by Gasteiger charge is -2.39. The van der Waals surface area contributed by atoms with E-state index in [0.717, 1.165) is 13.0 Å². The summed E-state index contributed by atoms with van der Waals surface area (Å²) in [4.78, 5) is 12.4. The van der Waals surface area contributed by atoms with E-state index in [1.54, 1.807) is 0 Å². The fourth-order valence-corrected chi connectivity index (χ4v) is 3.43. The lowest BCUT2D eigenvalue weighted by atomic mass is 10.1. The lowest BCUT2D eigenvalue weighted by molar-refractivity contribution is -0.126. The van der Waals surface area contributed by atoms with Gasteiger partial charge in [-0.25, -0.2) is 0 Å². The van der Waals surface area contributed by atoms with Crippen molar-refractivity contribution in [2.45, 2.75) is 83.8 Å². The summed E-state index contributed by atoms with van der Waals surface area (Å²) in [6, 6.07) is -0.219. The van der Waals surface area contributed by atoms with Gasteiger partial charge in [0.1, 0.15) is 6.04 Å². The van der Waals surface area contributed by atoms with Crippen LogP contribution in [0, 0.1) is 0 Å². The quantitative estimate of drug-likeness (QED) is 0.788. The fourth-order valence-electron chi connectivity index (χ4n) is 2.07. The van der Waals surface area contributed by atoms with E-state index in [-0.39, 0.29) is 28.6 Å². The summed E-state index contributed by atoms with van der Waals surface area (Å²) >= 11 is 0. The van der Waals surface area contributed by atoms with Gasteiger partial charge >= 0.3 is 0 Å². The molecule has 20 heavy (non-hydrogen) atoms. The molecule has 0 aromatic rings. The summed E-state index contributed by atoms with van der Waals surface area (Å²) in [7, 11) is -1.84. The first-order valence-corrected chi connectivity index (χ1v) is 10.5. The molecule has 0 bridgehead atoms. The Morgan fingerprint density at radius 1 is 1.20 bits per heavy atom. The van der Waals surface area contributed by atoms with Crippen LogP contribution in [0.3, 0.4) is 0 Å². The van der Waals surface area contributed by atoms with E-state index < -0.39 is 8.32 Å². The van der Waals surface area contributed by atoms with Gasteiger partial charge in [-0.3, -0.25) is 4.79 Å². The summed E-state index contributed by atoms with van der Waals surface area (Å²) in [6.45, 7) is 18.0. The standard InChI is InChI=1S/C15H32N2O2Si/c1-14(2,3)17-13(18)12-11(9-10-16-12)19-20(7,8)15(4,5)6/h11-12,16H,9-10H2,1-8H3,(H,17,18)/t11-,12-/m0/s1. The van der Waals surface area contributed by atoms with Crippen molar-refractivity contribution in [1.82, 2.24) is 10.6 Å². The SMILES string of the molecule is CC(C)(C)NC(=O)[C@H]1NCC[C@@H]1O[Si](C)(C)C(C)(C)C. The molecular weight excluding hydrogens is 268 g/mol. The third-order valence-corrected chi connectivity index (χ3v) is 8.70. The lowest BCUT2D eigenvalue weighted by Crippen LogP contribution is -2.55. The van der Waals surface area contributed by atoms with Crippen LogP contribution in [0.1, 0.15) is 48.0 Å². The predicted octanol–water partition coefficient (Wildman–Crippen LogP) is 2.65. The van der Waals surface area contributed by atoms with Crippen molar-refractivity contribution in [1.29, 1.82) is 0 Å². The van der Waals surface area contributed by atoms with Crippen LogP contribution in [0.15, 0.2) is 0 Å². The molecular formula is C15H32N2O2Si. The molecule has 0 aromatic carbocycles. The van der Waals surface area contributed by atoms with Crippen LogP contribution in [0.4, 0.5) is 0 Å². The molecule has 0 saturated carbocycles. The second-order valence-electron chi connectivity index (χ2n) is 8.38. The van der Waals surface area contributed by atoms with Crippen molar-refractivity contribution < 1.29 is 9.22 Å². The Morgan fingerprint density at radius 3 is 2.20 bits per heavy atom. The van der Waals surface area contributed by atoms with Gasteiger partial charge in [0.2, 0.25) is 5.91 Å². The molecule has 1 rings (SSSR count). The van der Waals surface area contributed by atoms with Crippen molar-refractivity contribution >= 4 is 14.2 Å². The summed E-state index contributed by atoms with van der Waals surface area (Å²) < 4.78 is 6.43. The molecule has 2 N–H and O–H groups in total. The number of hydrogen-bond donors (Lipinski definition) is 2. The molecule has 4 nitrogen and oxygen atoms in total. The molecule has 0 aliphatic carbocycles. The van der Waals surface area contributed by atoms with E-state index in [1.165, 1.54) is 0 Å². The van der Waals surface area contributed by atoms with Crippen molar-refractivity contribution in [3.63, 3.8) is 0 Å². The maximum Gasteiger partial charge on any atom is 0.240 e. The van der Waals surface area contributed by atoms with Gasteiger partial charge in [0.25, 0.3) is 0 Å². The summed E-state index contributed by atoms with van der Waals surface area (Å²) in [5.41, 5.74) is -0.205. The molecule has 1 aliphatic rings. The van der Waals surface area contributed by atoms with E-state index in [9.17, 15) is 4.79 Å². The van der Waals surface area contributed by atoms with E-state index in [4.69, 9.17) is 4.43 Å². The average Bonchev–Trinajstić information content (AvgIpc) is 2.60. The molecule has 1 amide bonds. The number of carbonyl (C=O) groups is 1. The predicted molar refractivity (Wildman–Crippen MR) is 86.4 cm³/mol. The van der Waals surface area contributed by atoms with Gasteiger partial charge in [0.15, 0.2) is 8.32 Å². The smallest absolute Gasteiger partial charge is 0.240 e. The van der Waals surface area contributed by atoms with Gasteiger partial charge in [-0.2, -0.15) is 0 Å². The van der Waals surface area contributed by atoms with Crippen molar-refractivity contribution in [3.05, 3.63) is 0 Å². The Hall–Kier alpha value is -0.393. The number of rotatable bonds is 3. The minimum absolute atomic E-state index is 0.00163. The number of nitrogens with one attached hydrogen (secondary N) is 2. The maximum atomic E-state index is 12.4. The van der Waals surface area contributed by atoms with E-state index in [0.29, 0.717) is 0 Å². The van der Waals surface area contributed by atoms with Gasteiger partial charge in [0, 0.05) is 5.54 Å². The highest BCUT2D eigenvalue weighted by Gasteiger charge is 2.43. The zero-order valence-electron chi connectivity index (χ0n) is 14.4. The van der Waals surface area contributed by atoms with E-state index in [2.05, 4.69) is 44.5 Å². The van der Waals surface area contributed by atoms with Crippen LogP contribution in [0.25, 0.3) is 0 Å². The Balaban J connectivity index is 2.73. The van der Waals surface area contributed by atoms with Crippen LogP contribution in [-0.2, 0) is 9.22 Å². The molecule has 1 heterocycles. The molecule has 1 fully saturated rings. The third kappa shape index (κ3) is 4.57. The largest absolute Gasteiger partial charge is 0.412 e. The summed E-state index contributed by atoms with van der Waals surface area (Å²) in [6.07, 6.45) is 0.910. The Morgan fingerprint density at radius 2 is 1.75 bits per heavy atom. The van der Waals surface area contributed by atoms with Gasteiger partial charge in [-0.15, -0.1) is 0 Å². The summed E-state index contributed by atoms with van der Waals surface area (Å²) in [5.74, 6) is 0.0544. The Labute approximate surface area is 125 Å². The second kappa shape index (κ2) is 5.77. The van der Waals surface area contributed by atoms with Crippen molar-refractivity contribution in [2.75, 3.05) is 6.54 Å². The number of hydrogen-bond acceptors (Lipinski definition) is 3. The summed E-state index contributed by atoms with van der Waals surface area (Å²) in [5, 5.41) is 6.51. The maximum absolute atomic E-state index is 12.4. The molecule has 1 aliphatic heterocycles. The molecule has 0 aromatic heterocycles. The Bertz CT molecular complexity index is 356. The van der Waals surface area contributed by atoms with Gasteiger partial charge in [0.05, 0.1) is 6.10 Å². The van der Waals surface area contributed by atoms with Gasteiger partial charge in [-0.1, -0.05) is 20.8 Å². The van der Waals surface area contributed by atoms with Crippen LogP contribution >= 0.6 is 0 Å². The first-order chi connectivity index (χ1) is 8.83. The van der Waals surface area contributed by atoms with Gasteiger partial charge < -0.3 is 15.1 Å². The molecule has 0 unspecified atom stereocenters. The Kier molecular flexibility index (Phi) is 5.10. The minimum Gasteiger partial charge on any atom is -0.412 e. The third-order valence-electron chi connectivity index (χ3n) is 4.20. The normalized spacial score (nSPS) is 24.8. The first kappa shape index (κ1) is 17.7. The number of amides is 1. The fraction of sp³-hybridized carbons (Fsp3) is 0.933. The molecule has 118 valence electrons. The monoisotopic (exact) mass is 300 g/mol. The first-order valence-electron chi connectivity index (χ1n) is 7.57. The van der Waals surface area contributed by atoms with Crippen LogP contribution in [-0.4, -0.2) is 38.5 Å². The molecule has 2 atom stereocenters. The zero-order chi connectivity index (χ0) is 15.8. The van der Waals surface area contributed by atoms with Crippen LogP contribution in [0.5, 0.6) is 0 Å². The molecule has 0 radical (unpaired) electrons. The van der Waals surface area contributed by atoms with Crippen molar-refractivity contribution in [2.24, 2.45) is 0 Å². The average molecular weight is 301 g/mol. The zero-order valence-corrected chi connectivity index (χ0v) is 15.4. The highest BCUT2D eigenvalue weighted by Crippen LogP contribution is 2.38.